The first-order valence-corrected chi connectivity index (χ1v) is 8.14. The molecule has 1 heterocycles. The number of aliphatic hydroxyl groups excluding tert-OH is 4. The van der Waals surface area contributed by atoms with Crippen molar-refractivity contribution < 1.29 is 43.1 Å². The van der Waals surface area contributed by atoms with Gasteiger partial charge in [-0.1, -0.05) is 6.07 Å². The molecule has 1 aliphatic carbocycles. The van der Waals surface area contributed by atoms with Gasteiger partial charge in [0.05, 0.1) is 12.2 Å². The number of fused-ring (bicyclic) bond motifs is 1. The summed E-state index contributed by atoms with van der Waals surface area (Å²) in [7, 11) is 0. The summed E-state index contributed by atoms with van der Waals surface area (Å²) < 4.78 is 43.6. The third-order valence-electron chi connectivity index (χ3n) is 4.63. The number of nitrogens with one attached hydrogen (secondary N) is 1. The van der Waals surface area contributed by atoms with Crippen molar-refractivity contribution in [2.75, 3.05) is 11.9 Å². The molecule has 148 valence electrons. The van der Waals surface area contributed by atoms with Crippen LogP contribution in [0.3, 0.4) is 0 Å². The van der Waals surface area contributed by atoms with Crippen molar-refractivity contribution in [1.82, 2.24) is 0 Å². The minimum atomic E-state index is -4.72. The second-order valence-electron chi connectivity index (χ2n) is 6.47. The molecule has 27 heavy (non-hydrogen) atoms. The summed E-state index contributed by atoms with van der Waals surface area (Å²) in [4.78, 5) is 11.8. The molecule has 2 aliphatic rings. The Morgan fingerprint density at radius 1 is 1.19 bits per heavy atom. The first-order valence-electron chi connectivity index (χ1n) is 8.14. The summed E-state index contributed by atoms with van der Waals surface area (Å²) in [6, 6.07) is 3.08. The smallest absolute Gasteiger partial charge is 0.394 e. The van der Waals surface area contributed by atoms with Gasteiger partial charge in [-0.05, 0) is 29.3 Å². The first kappa shape index (κ1) is 19.8. The Balaban J connectivity index is 1.82. The fraction of sp³-hybridized carbons (Fsp3) is 0.471. The monoisotopic (exact) mass is 389 g/mol. The Bertz CT molecular complexity index is 766. The molecule has 0 spiro atoms. The molecule has 0 amide bonds. The Morgan fingerprint density at radius 2 is 1.89 bits per heavy atom. The number of hydrogen-bond donors (Lipinski definition) is 5. The molecule has 1 aliphatic heterocycles. The Kier molecular flexibility index (Phi) is 5.28. The Hall–Kier alpha value is -1.98. The number of carbonyl (C=O) groups is 1. The lowest BCUT2D eigenvalue weighted by Gasteiger charge is -2.40. The number of carbonyl (C=O) groups excluding carboxylic acids is 1. The van der Waals surface area contributed by atoms with Crippen LogP contribution in [0.25, 0.3) is 6.08 Å². The maximum atomic E-state index is 12.8. The first-order chi connectivity index (χ1) is 12.6. The van der Waals surface area contributed by atoms with Gasteiger partial charge in [0, 0.05) is 12.1 Å². The van der Waals surface area contributed by atoms with Gasteiger partial charge in [0.25, 0.3) is 0 Å². The van der Waals surface area contributed by atoms with Crippen LogP contribution in [0.5, 0.6) is 0 Å². The van der Waals surface area contributed by atoms with E-state index in [2.05, 4.69) is 5.32 Å². The lowest BCUT2D eigenvalue weighted by molar-refractivity contribution is -0.245. The molecule has 10 heteroatoms. The number of anilines is 1. The molecular formula is C17H18F3NO6. The lowest BCUT2D eigenvalue weighted by atomic mass is 9.90. The highest BCUT2D eigenvalue weighted by Gasteiger charge is 2.44. The van der Waals surface area contributed by atoms with E-state index in [1.165, 1.54) is 18.2 Å². The second kappa shape index (κ2) is 7.21. The van der Waals surface area contributed by atoms with Crippen LogP contribution in [0, 0.1) is 0 Å². The molecule has 0 bridgehead atoms. The molecular weight excluding hydrogens is 371 g/mol. The molecule has 0 saturated carbocycles. The van der Waals surface area contributed by atoms with Crippen molar-refractivity contribution in [1.29, 1.82) is 0 Å². The predicted molar refractivity (Wildman–Crippen MR) is 86.6 cm³/mol. The van der Waals surface area contributed by atoms with E-state index < -0.39 is 61.2 Å². The van der Waals surface area contributed by atoms with E-state index >= 15 is 0 Å². The molecule has 5 atom stereocenters. The molecule has 1 aromatic carbocycles. The minimum absolute atomic E-state index is 0.244. The molecule has 5 N–H and O–H groups in total. The SMILES string of the molecule is O=C1Cc2cc(NC3[C@@H](O)OC(CO)[C@H](O)[C@H]3O)ccc2C=C1C(F)(F)F. The van der Waals surface area contributed by atoms with Crippen molar-refractivity contribution in [2.24, 2.45) is 0 Å². The van der Waals surface area contributed by atoms with E-state index in [1.54, 1.807) is 0 Å². The number of alkyl halides is 3. The van der Waals surface area contributed by atoms with E-state index in [9.17, 15) is 33.3 Å². The van der Waals surface area contributed by atoms with Gasteiger partial charge in [-0.2, -0.15) is 13.2 Å². The zero-order chi connectivity index (χ0) is 19.9. The molecule has 7 nitrogen and oxygen atoms in total. The topological polar surface area (TPSA) is 119 Å². The van der Waals surface area contributed by atoms with E-state index in [0.717, 1.165) is 6.08 Å². The molecule has 0 radical (unpaired) electrons. The van der Waals surface area contributed by atoms with Gasteiger partial charge in [-0.25, -0.2) is 0 Å². The summed E-state index contributed by atoms with van der Waals surface area (Å²) in [5, 5.41) is 41.8. The summed E-state index contributed by atoms with van der Waals surface area (Å²) in [6.07, 6.45) is -9.99. The normalized spacial score (nSPS) is 31.3. The fourth-order valence-corrected chi connectivity index (χ4v) is 3.18. The number of aliphatic hydroxyl groups is 4. The lowest BCUT2D eigenvalue weighted by Crippen LogP contribution is -2.61. The minimum Gasteiger partial charge on any atom is -0.394 e. The number of benzene rings is 1. The number of rotatable bonds is 3. The van der Waals surface area contributed by atoms with Gasteiger partial charge in [0.15, 0.2) is 12.1 Å². The van der Waals surface area contributed by atoms with Crippen molar-refractivity contribution in [2.45, 2.75) is 43.2 Å². The number of ketones is 1. The van der Waals surface area contributed by atoms with Crippen molar-refractivity contribution in [3.63, 3.8) is 0 Å². The van der Waals surface area contributed by atoms with Crippen LogP contribution in [0.15, 0.2) is 23.8 Å². The number of ether oxygens (including phenoxy) is 1. The third-order valence-corrected chi connectivity index (χ3v) is 4.63. The number of halogens is 3. The quantitative estimate of drug-likeness (QED) is 0.493. The number of hydrogen-bond acceptors (Lipinski definition) is 7. The predicted octanol–water partition coefficient (Wildman–Crippen LogP) is -0.0307. The fourth-order valence-electron chi connectivity index (χ4n) is 3.18. The van der Waals surface area contributed by atoms with Crippen molar-refractivity contribution in [3.8, 4) is 0 Å². The van der Waals surface area contributed by atoms with Crippen LogP contribution in [0.2, 0.25) is 0 Å². The van der Waals surface area contributed by atoms with Crippen molar-refractivity contribution in [3.05, 3.63) is 34.9 Å². The molecule has 1 fully saturated rings. The van der Waals surface area contributed by atoms with Gasteiger partial charge in [0.2, 0.25) is 0 Å². The molecule has 1 saturated heterocycles. The van der Waals surface area contributed by atoms with Crippen LogP contribution in [-0.4, -0.2) is 69.6 Å². The summed E-state index contributed by atoms with van der Waals surface area (Å²) in [6.45, 7) is -0.600. The maximum absolute atomic E-state index is 12.8. The highest BCUT2D eigenvalue weighted by molar-refractivity contribution is 6.05. The standard InChI is InChI=1S/C17H18F3NO6/c18-17(19,20)10-4-7-1-2-9(3-8(7)5-11(10)23)21-13-15(25)14(24)12(6-22)27-16(13)26/h1-4,12-16,21-22,24-26H,5-6H2/t12?,13?,14-,15-,16-/m0/s1. The molecule has 1 aromatic rings. The zero-order valence-corrected chi connectivity index (χ0v) is 13.8. The molecule has 3 rings (SSSR count). The summed E-state index contributed by atoms with van der Waals surface area (Å²) >= 11 is 0. The van der Waals surface area contributed by atoms with Crippen LogP contribution in [-0.2, 0) is 16.0 Å². The largest absolute Gasteiger partial charge is 0.419 e. The van der Waals surface area contributed by atoms with E-state index in [-0.39, 0.29) is 5.56 Å². The molecule has 0 aromatic heterocycles. The number of allylic oxidation sites excluding steroid dienone is 1. The number of Topliss-reactive ketones (excluding diaryl/α,β-unsaturated/α-hetero) is 1. The highest BCUT2D eigenvalue weighted by atomic mass is 19.4. The van der Waals surface area contributed by atoms with Crippen molar-refractivity contribution >= 4 is 17.5 Å². The van der Waals surface area contributed by atoms with Crippen LogP contribution < -0.4 is 5.32 Å². The third kappa shape index (κ3) is 3.85. The van der Waals surface area contributed by atoms with Crippen LogP contribution in [0.1, 0.15) is 11.1 Å². The Morgan fingerprint density at radius 3 is 2.52 bits per heavy atom. The van der Waals surface area contributed by atoms with Gasteiger partial charge in [-0.3, -0.25) is 4.79 Å². The van der Waals surface area contributed by atoms with E-state index in [1.807, 2.05) is 0 Å². The maximum Gasteiger partial charge on any atom is 0.419 e. The second-order valence-corrected chi connectivity index (χ2v) is 6.47. The van der Waals surface area contributed by atoms with Gasteiger partial charge >= 0.3 is 6.18 Å². The average molecular weight is 389 g/mol. The van der Waals surface area contributed by atoms with Crippen LogP contribution >= 0.6 is 0 Å². The zero-order valence-electron chi connectivity index (χ0n) is 13.8. The summed E-state index contributed by atoms with van der Waals surface area (Å²) in [5.41, 5.74) is -0.298. The van der Waals surface area contributed by atoms with Gasteiger partial charge < -0.3 is 30.5 Å². The van der Waals surface area contributed by atoms with E-state index in [4.69, 9.17) is 9.84 Å². The van der Waals surface area contributed by atoms with E-state index in [0.29, 0.717) is 11.3 Å². The average Bonchev–Trinajstić information content (AvgIpc) is 2.60. The van der Waals surface area contributed by atoms with Gasteiger partial charge in [-0.15, -0.1) is 0 Å². The highest BCUT2D eigenvalue weighted by Crippen LogP contribution is 2.34. The Labute approximate surface area is 151 Å². The van der Waals surface area contributed by atoms with Crippen LogP contribution in [0.4, 0.5) is 18.9 Å². The molecule has 2 unspecified atom stereocenters. The van der Waals surface area contributed by atoms with Gasteiger partial charge in [0.1, 0.15) is 24.4 Å². The summed E-state index contributed by atoms with van der Waals surface area (Å²) in [5.74, 6) is -1.05.